The lowest BCUT2D eigenvalue weighted by atomic mass is 9.82. The molecular weight excluding hydrogens is 1610 g/mol. The van der Waals surface area contributed by atoms with Crippen LogP contribution in [0.3, 0.4) is 0 Å². The van der Waals surface area contributed by atoms with Crippen LogP contribution in [0.2, 0.25) is 0 Å². The highest BCUT2D eigenvalue weighted by Gasteiger charge is 2.40. The lowest BCUT2D eigenvalue weighted by molar-refractivity contribution is 0.660. The van der Waals surface area contributed by atoms with Crippen molar-refractivity contribution in [3.63, 3.8) is 0 Å². The van der Waals surface area contributed by atoms with Crippen LogP contribution < -0.4 is 0 Å². The van der Waals surface area contributed by atoms with Crippen molar-refractivity contribution in [2.75, 3.05) is 0 Å². The molecule has 0 spiro atoms. The third-order valence-corrected chi connectivity index (χ3v) is 31.0. The Bertz CT molecular complexity index is 9710. The van der Waals surface area contributed by atoms with E-state index < -0.39 is 0 Å². The number of benzene rings is 19. The second-order valence-corrected chi connectivity index (χ2v) is 38.9. The number of aromatic nitrogens is 7. The third-order valence-electron chi connectivity index (χ3n) is 31.0. The summed E-state index contributed by atoms with van der Waals surface area (Å²) < 4.78 is 15.1. The highest BCUT2D eigenvalue weighted by atomic mass is 15.1. The number of hydrogen-bond donors (Lipinski definition) is 0. The zero-order valence-corrected chi connectivity index (χ0v) is 74.3. The van der Waals surface area contributed by atoms with Gasteiger partial charge >= 0.3 is 0 Å². The Balaban J connectivity index is 0.619. The fraction of sp³-hybridized carbons (Fsp3) is 0.0714. The standard InChI is InChI=1S/C126H85N7/c1-124(2)102-34-16-7-25-84(102)87-55-49-80(69-105(87)124)128-109-37-19-10-28-90(109)96-52-43-77(66-119(96)128)74-46-58-115-99(63-74)93-31-13-22-40-112(93)131(115)83-72-108-123(122(73-83)133-114-42-24-15-33-95(114)101-65-76(48-60-117(101)133)79-45-54-98-92-30-12-21-39-111(92)130(121(98)68-79)82-51-57-89-86-27-9-18-36-104(86)126(5,6)107(89)71-82)118(61-62-127-108)132-113-41-23-14-32-94(113)100-64-75(47-59-116(100)132)78-44-53-97-91-29-11-20-38-110(91)129(120(97)67-78)81-50-56-88-85-26-8-17-35-103(85)125(3,4)106(88)70-81/h7-73H,1-6H3. The van der Waals surface area contributed by atoms with Crippen LogP contribution >= 0.6 is 0 Å². The summed E-state index contributed by atoms with van der Waals surface area (Å²) in [6.45, 7) is 14.3. The number of rotatable bonds is 9. The molecule has 0 aliphatic heterocycles. The van der Waals surface area contributed by atoms with E-state index in [1.807, 2.05) is 6.20 Å². The van der Waals surface area contributed by atoms with Crippen molar-refractivity contribution >= 4 is 142 Å². The Morgan fingerprint density at radius 3 is 0.797 bits per heavy atom. The lowest BCUT2D eigenvalue weighted by Gasteiger charge is -2.22. The largest absolute Gasteiger partial charge is 0.309 e. The van der Waals surface area contributed by atoms with Crippen molar-refractivity contribution in [1.29, 1.82) is 0 Å². The van der Waals surface area contributed by atoms with Crippen molar-refractivity contribution in [2.24, 2.45) is 0 Å². The number of fused-ring (bicyclic) bond motifs is 28. The van der Waals surface area contributed by atoms with Crippen molar-refractivity contribution in [1.82, 2.24) is 32.4 Å². The molecule has 0 saturated heterocycles. The fourth-order valence-electron chi connectivity index (χ4n) is 24.8. The molecule has 3 aliphatic carbocycles. The summed E-state index contributed by atoms with van der Waals surface area (Å²) >= 11 is 0. The molecule has 0 saturated carbocycles. The molecule has 0 radical (unpaired) electrons. The quantitative estimate of drug-likeness (QED) is 0.142. The van der Waals surface area contributed by atoms with E-state index in [0.29, 0.717) is 0 Å². The minimum absolute atomic E-state index is 0.146. The van der Waals surface area contributed by atoms with E-state index in [2.05, 4.69) is 469 Å². The summed E-state index contributed by atoms with van der Waals surface area (Å²) in [6.07, 6.45) is 2.03. The Labute approximate surface area is 767 Å². The first-order valence-corrected chi connectivity index (χ1v) is 46.6. The monoisotopic (exact) mass is 1700 g/mol. The van der Waals surface area contributed by atoms with Gasteiger partial charge in [0.1, 0.15) is 0 Å². The van der Waals surface area contributed by atoms with E-state index >= 15 is 0 Å². The second-order valence-electron chi connectivity index (χ2n) is 38.9. The van der Waals surface area contributed by atoms with Gasteiger partial charge in [-0.3, -0.25) is 4.98 Å². The normalized spacial score (nSPS) is 14.0. The first-order valence-electron chi connectivity index (χ1n) is 46.6. The molecule has 0 N–H and O–H groups in total. The highest BCUT2D eigenvalue weighted by Crippen LogP contribution is 2.55. The Hall–Kier alpha value is -16.6. The molecule has 0 atom stereocenters. The van der Waals surface area contributed by atoms with Crippen molar-refractivity contribution in [3.8, 4) is 101 Å². The van der Waals surface area contributed by atoms with Crippen LogP contribution in [0, 0.1) is 0 Å². The van der Waals surface area contributed by atoms with Crippen molar-refractivity contribution in [2.45, 2.75) is 57.8 Å². The highest BCUT2D eigenvalue weighted by molar-refractivity contribution is 6.19. The van der Waals surface area contributed by atoms with E-state index in [0.717, 1.165) is 122 Å². The number of nitrogens with zero attached hydrogens (tertiary/aromatic N) is 7. The smallest absolute Gasteiger partial charge is 0.0765 e. The zero-order valence-electron chi connectivity index (χ0n) is 74.3. The predicted octanol–water partition coefficient (Wildman–Crippen LogP) is 32.7. The molecule has 3 aliphatic rings. The fourth-order valence-corrected chi connectivity index (χ4v) is 24.8. The molecular formula is C126H85N7. The van der Waals surface area contributed by atoms with Gasteiger partial charge in [-0.25, -0.2) is 0 Å². The summed E-state index contributed by atoms with van der Waals surface area (Å²) in [5, 5.41) is 15.4. The minimum Gasteiger partial charge on any atom is -0.309 e. The Morgan fingerprint density at radius 1 is 0.173 bits per heavy atom. The molecule has 7 heterocycles. The summed E-state index contributed by atoms with van der Waals surface area (Å²) in [5.74, 6) is 0. The van der Waals surface area contributed by atoms with Crippen LogP contribution in [0.4, 0.5) is 0 Å². The molecule has 29 rings (SSSR count). The lowest BCUT2D eigenvalue weighted by Crippen LogP contribution is -2.15. The van der Waals surface area contributed by atoms with Crippen LogP contribution in [0.25, 0.3) is 243 Å². The second kappa shape index (κ2) is 26.8. The Morgan fingerprint density at radius 2 is 0.436 bits per heavy atom. The van der Waals surface area contributed by atoms with Gasteiger partial charge in [-0.05, 0) is 246 Å². The van der Waals surface area contributed by atoms with Gasteiger partial charge in [0.25, 0.3) is 0 Å². The van der Waals surface area contributed by atoms with E-state index in [-0.39, 0.29) is 16.2 Å². The van der Waals surface area contributed by atoms with Gasteiger partial charge in [0.05, 0.1) is 88.8 Å². The van der Waals surface area contributed by atoms with Crippen LogP contribution in [0.5, 0.6) is 0 Å². The molecule has 624 valence electrons. The third kappa shape index (κ3) is 10.2. The maximum Gasteiger partial charge on any atom is 0.0765 e. The van der Waals surface area contributed by atoms with Gasteiger partial charge in [-0.2, -0.15) is 0 Å². The molecule has 133 heavy (non-hydrogen) atoms. The van der Waals surface area contributed by atoms with Crippen molar-refractivity contribution in [3.05, 3.63) is 440 Å². The summed E-state index contributed by atoms with van der Waals surface area (Å²) in [5.41, 5.74) is 43.7. The summed E-state index contributed by atoms with van der Waals surface area (Å²) in [4.78, 5) is 5.60. The van der Waals surface area contributed by atoms with Crippen LogP contribution in [0.1, 0.15) is 74.9 Å². The number of para-hydroxylation sites is 6. The molecule has 0 unspecified atom stereocenters. The van der Waals surface area contributed by atoms with Crippen LogP contribution in [0.15, 0.2) is 407 Å². The molecule has 7 heteroatoms. The molecule has 26 aromatic rings. The molecule has 0 fully saturated rings. The topological polar surface area (TPSA) is 42.5 Å². The van der Waals surface area contributed by atoms with E-state index in [1.54, 1.807) is 0 Å². The summed E-state index contributed by atoms with van der Waals surface area (Å²) in [6, 6.07) is 152. The first-order chi connectivity index (χ1) is 65.2. The van der Waals surface area contributed by atoms with Gasteiger partial charge < -0.3 is 27.4 Å². The van der Waals surface area contributed by atoms with Gasteiger partial charge in [0, 0.05) is 110 Å². The average molecular weight is 1700 g/mol. The van der Waals surface area contributed by atoms with Gasteiger partial charge in [0.15, 0.2) is 0 Å². The predicted molar refractivity (Wildman–Crippen MR) is 557 cm³/mol. The maximum atomic E-state index is 5.60. The minimum atomic E-state index is -0.154. The van der Waals surface area contributed by atoms with Gasteiger partial charge in [-0.15, -0.1) is 0 Å². The van der Waals surface area contributed by atoms with E-state index in [1.165, 1.54) is 154 Å². The molecule has 7 aromatic heterocycles. The first kappa shape index (κ1) is 74.3. The van der Waals surface area contributed by atoms with Crippen molar-refractivity contribution < 1.29 is 0 Å². The molecule has 0 amide bonds. The number of hydrogen-bond acceptors (Lipinski definition) is 1. The molecule has 7 nitrogen and oxygen atoms in total. The van der Waals surface area contributed by atoms with E-state index in [4.69, 9.17) is 4.98 Å². The maximum absolute atomic E-state index is 5.60. The molecule has 19 aromatic carbocycles. The van der Waals surface area contributed by atoms with E-state index in [9.17, 15) is 0 Å². The van der Waals surface area contributed by atoms with Gasteiger partial charge in [-0.1, -0.05) is 296 Å². The SMILES string of the molecule is CC1(C)c2ccccc2-c2ccc(-n3c4ccccc4c4ccc(-c5ccc6c(c5)c5ccccc5n6-c5cc(-n6c7ccccc7c7cc(-c8ccc9c%10ccccc%10n(-c%10ccc%11c(c%10)C(C)(C)c%10ccccc%10-%11)c9c8)ccc76)c6c(-n7c8ccccc8c8cc(-c9ccc%10c%11ccccc%11n(-c%11ccc%12c(c%11)C(C)(C)c%11ccccc%11-%12)c%10c9)ccc87)ccnc6c5)cc43)cc21. The summed E-state index contributed by atoms with van der Waals surface area (Å²) in [7, 11) is 0. The van der Waals surface area contributed by atoms with Crippen LogP contribution in [-0.2, 0) is 16.2 Å². The zero-order chi connectivity index (χ0) is 87.9. The molecule has 0 bridgehead atoms. The van der Waals surface area contributed by atoms with Crippen LogP contribution in [-0.4, -0.2) is 32.4 Å². The number of pyridine rings is 1. The average Bonchev–Trinajstić information content (AvgIpc) is 1.57. The van der Waals surface area contributed by atoms with Gasteiger partial charge in [0.2, 0.25) is 0 Å². The Kier molecular flexibility index (Phi) is 15.0.